The van der Waals surface area contributed by atoms with Gasteiger partial charge in [0.05, 0.1) is 10.2 Å². The Morgan fingerprint density at radius 2 is 1.81 bits per heavy atom. The maximum absolute atomic E-state index is 13.3. The van der Waals surface area contributed by atoms with E-state index in [0.29, 0.717) is 5.56 Å². The van der Waals surface area contributed by atoms with E-state index in [4.69, 9.17) is 0 Å². The fraction of sp³-hybridized carbons (Fsp3) is 0.0588. The molecule has 6 nitrogen and oxygen atoms in total. The van der Waals surface area contributed by atoms with Gasteiger partial charge in [-0.15, -0.1) is 4.40 Å². The molecule has 0 radical (unpaired) electrons. The van der Waals surface area contributed by atoms with Gasteiger partial charge in [-0.2, -0.15) is 8.42 Å². The molecule has 1 aliphatic heterocycles. The molecule has 1 aliphatic rings. The Labute approximate surface area is 162 Å². The number of likely N-dealkylation sites (N-methyl/N-ethyl adjacent to an activating group) is 1. The van der Waals surface area contributed by atoms with Crippen LogP contribution >= 0.6 is 15.9 Å². The minimum atomic E-state index is -4.14. The molecule has 0 bridgehead atoms. The number of benzene rings is 2. The molecule has 2 aromatic carbocycles. The molecule has 10 heteroatoms. The lowest BCUT2D eigenvalue weighted by Gasteiger charge is -2.23. The van der Waals surface area contributed by atoms with E-state index >= 15 is 0 Å². The second kappa shape index (κ2) is 7.20. The highest BCUT2D eigenvalue weighted by Gasteiger charge is 2.30. The summed E-state index contributed by atoms with van der Waals surface area (Å²) in [5, 5.41) is 2.50. The predicted molar refractivity (Wildman–Crippen MR) is 100 cm³/mol. The molecule has 0 aliphatic carbocycles. The third-order valence-electron chi connectivity index (χ3n) is 3.72. The van der Waals surface area contributed by atoms with Gasteiger partial charge in [-0.05, 0) is 64.5 Å². The Morgan fingerprint density at radius 3 is 2.44 bits per heavy atom. The monoisotopic (exact) mass is 455 g/mol. The number of hydrogen-bond acceptors (Lipinski definition) is 3. The topological polar surface area (TPSA) is 78.8 Å². The summed E-state index contributed by atoms with van der Waals surface area (Å²) in [5.74, 6) is -1.72. The van der Waals surface area contributed by atoms with Crippen LogP contribution in [0.4, 0.5) is 14.5 Å². The normalized spacial score (nSPS) is 15.8. The molecule has 3 rings (SSSR count). The van der Waals surface area contributed by atoms with E-state index in [1.54, 1.807) is 0 Å². The van der Waals surface area contributed by atoms with Crippen LogP contribution < -0.4 is 5.32 Å². The van der Waals surface area contributed by atoms with Crippen molar-refractivity contribution in [2.45, 2.75) is 0 Å². The highest BCUT2D eigenvalue weighted by atomic mass is 79.9. The molecule has 1 amide bonds. The zero-order valence-electron chi connectivity index (χ0n) is 13.8. The number of halogens is 3. The molecule has 1 N–H and O–H groups in total. The van der Waals surface area contributed by atoms with Crippen LogP contribution in [0.3, 0.4) is 0 Å². The zero-order chi connectivity index (χ0) is 19.8. The number of hydrogen-bond donors (Lipinski definition) is 1. The molecule has 0 saturated heterocycles. The minimum Gasteiger partial charge on any atom is -0.321 e. The molecule has 0 spiro atoms. The summed E-state index contributed by atoms with van der Waals surface area (Å²) in [4.78, 5) is 12.6. The first-order valence-corrected chi connectivity index (χ1v) is 9.69. The summed E-state index contributed by atoms with van der Waals surface area (Å²) in [5.41, 5.74) is 0.414. The van der Waals surface area contributed by atoms with Crippen molar-refractivity contribution < 1.29 is 22.0 Å². The quantitative estimate of drug-likeness (QED) is 0.771. The van der Waals surface area contributed by atoms with Crippen LogP contribution in [0, 0.1) is 11.6 Å². The molecule has 0 atom stereocenters. The van der Waals surface area contributed by atoms with Gasteiger partial charge in [0.2, 0.25) is 0 Å². The third kappa shape index (κ3) is 4.06. The number of carbonyl (C=O) groups is 1. The number of amides is 1. The molecular weight excluding hydrogens is 444 g/mol. The molecule has 140 valence electrons. The molecule has 0 saturated carbocycles. The molecule has 2 aromatic rings. The van der Waals surface area contributed by atoms with Gasteiger partial charge in [0.25, 0.3) is 5.91 Å². The Hall–Kier alpha value is -2.59. The van der Waals surface area contributed by atoms with E-state index < -0.39 is 27.8 Å². The van der Waals surface area contributed by atoms with Gasteiger partial charge in [0.1, 0.15) is 17.3 Å². The van der Waals surface area contributed by atoms with Crippen molar-refractivity contribution >= 4 is 43.4 Å². The Kier molecular flexibility index (Phi) is 5.11. The molecule has 27 heavy (non-hydrogen) atoms. The van der Waals surface area contributed by atoms with Gasteiger partial charge in [-0.3, -0.25) is 4.79 Å². The van der Waals surface area contributed by atoms with E-state index in [9.17, 15) is 22.0 Å². The molecule has 1 heterocycles. The number of nitrogens with zero attached hydrogens (tertiary/aromatic N) is 2. The standard InChI is InChI=1S/C17H12BrF2N3O3S/c1-23-16(17(24)21-12-6-7-14(20)13(18)8-12)9-15(22-27(23,25)26)10-2-4-11(19)5-3-10/h2-9H,1H3,(H,21,24). The number of rotatable bonds is 3. The summed E-state index contributed by atoms with van der Waals surface area (Å²) in [6, 6.07) is 8.88. The number of nitrogens with one attached hydrogen (secondary N) is 1. The first-order chi connectivity index (χ1) is 12.7. The van der Waals surface area contributed by atoms with Crippen LogP contribution in [-0.4, -0.2) is 31.4 Å². The van der Waals surface area contributed by atoms with Crippen LogP contribution in [0.15, 0.2) is 63.1 Å². The van der Waals surface area contributed by atoms with E-state index in [0.717, 1.165) is 22.5 Å². The summed E-state index contributed by atoms with van der Waals surface area (Å²) in [6.07, 6.45) is 1.28. The SMILES string of the molecule is CN1C(C(=O)Nc2ccc(F)c(Br)c2)=CC(c2ccc(F)cc2)=NS1(=O)=O. The fourth-order valence-corrected chi connectivity index (χ4v) is 3.58. The minimum absolute atomic E-state index is 0.00135. The average molecular weight is 456 g/mol. The number of anilines is 1. The van der Waals surface area contributed by atoms with Crippen molar-refractivity contribution in [3.63, 3.8) is 0 Å². The second-order valence-electron chi connectivity index (χ2n) is 5.54. The van der Waals surface area contributed by atoms with Gasteiger partial charge >= 0.3 is 10.2 Å². The smallest absolute Gasteiger partial charge is 0.321 e. The highest BCUT2D eigenvalue weighted by molar-refractivity contribution is 9.10. The van der Waals surface area contributed by atoms with Crippen molar-refractivity contribution in [2.75, 3.05) is 12.4 Å². The Bertz CT molecular complexity index is 1080. The van der Waals surface area contributed by atoms with Gasteiger partial charge in [0, 0.05) is 18.3 Å². The first kappa shape index (κ1) is 19.2. The molecule has 0 unspecified atom stereocenters. The molecule has 0 fully saturated rings. The third-order valence-corrected chi connectivity index (χ3v) is 5.65. The second-order valence-corrected chi connectivity index (χ2v) is 8.02. The van der Waals surface area contributed by atoms with Crippen LogP contribution in [0.2, 0.25) is 0 Å². The maximum atomic E-state index is 13.3. The summed E-state index contributed by atoms with van der Waals surface area (Å²) in [6.45, 7) is 0. The van der Waals surface area contributed by atoms with Gasteiger partial charge < -0.3 is 5.32 Å². The molecule has 0 aromatic heterocycles. The van der Waals surface area contributed by atoms with Crippen molar-refractivity contribution in [3.8, 4) is 0 Å². The van der Waals surface area contributed by atoms with Gasteiger partial charge in [0.15, 0.2) is 0 Å². The van der Waals surface area contributed by atoms with Gasteiger partial charge in [-0.1, -0.05) is 0 Å². The average Bonchev–Trinajstić information content (AvgIpc) is 2.61. The van der Waals surface area contributed by atoms with E-state index in [1.807, 2.05) is 0 Å². The van der Waals surface area contributed by atoms with Crippen molar-refractivity contribution in [1.82, 2.24) is 4.31 Å². The van der Waals surface area contributed by atoms with Crippen LogP contribution in [0.25, 0.3) is 0 Å². The Morgan fingerprint density at radius 1 is 1.15 bits per heavy atom. The summed E-state index contributed by atoms with van der Waals surface area (Å²) < 4.78 is 55.5. The first-order valence-electron chi connectivity index (χ1n) is 7.50. The van der Waals surface area contributed by atoms with Crippen LogP contribution in [-0.2, 0) is 15.0 Å². The predicted octanol–water partition coefficient (Wildman–Crippen LogP) is 3.23. The lowest BCUT2D eigenvalue weighted by atomic mass is 10.1. The fourth-order valence-electron chi connectivity index (χ4n) is 2.29. The highest BCUT2D eigenvalue weighted by Crippen LogP contribution is 2.23. The zero-order valence-corrected chi connectivity index (χ0v) is 16.2. The van der Waals surface area contributed by atoms with Crippen molar-refractivity contribution in [2.24, 2.45) is 4.40 Å². The lowest BCUT2D eigenvalue weighted by molar-refractivity contribution is -0.113. The number of carbonyl (C=O) groups excluding carboxylic acids is 1. The molecular formula is C17H12BrF2N3O3S. The van der Waals surface area contributed by atoms with Crippen LogP contribution in [0.5, 0.6) is 0 Å². The van der Waals surface area contributed by atoms with Crippen LogP contribution in [0.1, 0.15) is 5.56 Å². The van der Waals surface area contributed by atoms with E-state index in [-0.39, 0.29) is 21.6 Å². The number of allylic oxidation sites excluding steroid dienone is 1. The van der Waals surface area contributed by atoms with E-state index in [2.05, 4.69) is 25.6 Å². The largest absolute Gasteiger partial charge is 0.345 e. The Balaban J connectivity index is 1.96. The van der Waals surface area contributed by atoms with E-state index in [1.165, 1.54) is 37.4 Å². The maximum Gasteiger partial charge on any atom is 0.345 e. The van der Waals surface area contributed by atoms with Gasteiger partial charge in [-0.25, -0.2) is 13.1 Å². The van der Waals surface area contributed by atoms with Crippen molar-refractivity contribution in [3.05, 3.63) is 75.9 Å². The summed E-state index contributed by atoms with van der Waals surface area (Å²) >= 11 is 3.01. The summed E-state index contributed by atoms with van der Waals surface area (Å²) in [7, 11) is -2.95. The lowest BCUT2D eigenvalue weighted by Crippen LogP contribution is -2.35. The van der Waals surface area contributed by atoms with Crippen molar-refractivity contribution in [1.29, 1.82) is 0 Å².